The van der Waals surface area contributed by atoms with Gasteiger partial charge in [0.2, 0.25) is 5.89 Å². The van der Waals surface area contributed by atoms with Crippen molar-refractivity contribution in [2.75, 3.05) is 5.32 Å². The first-order valence-electron chi connectivity index (χ1n) is 10.2. The van der Waals surface area contributed by atoms with Crippen molar-refractivity contribution in [3.8, 4) is 22.8 Å². The van der Waals surface area contributed by atoms with Crippen molar-refractivity contribution >= 4 is 45.9 Å². The first-order chi connectivity index (χ1) is 15.9. The van der Waals surface area contributed by atoms with Gasteiger partial charge in [-0.15, -0.1) is 0 Å². The third-order valence-electron chi connectivity index (χ3n) is 5.42. The monoisotopic (exact) mass is 476 g/mol. The molecule has 0 spiro atoms. The van der Waals surface area contributed by atoms with Crippen molar-refractivity contribution in [1.82, 2.24) is 4.98 Å². The SMILES string of the molecule is Cc1ccc(-c2ccc(C(=O)Nc3ccc(-c4nc5cc(Cl)cc(Cl)c5o4)cc3)o2)cc1C. The molecule has 2 heterocycles. The number of oxazole rings is 1. The molecule has 0 fully saturated rings. The molecule has 0 aliphatic carbocycles. The van der Waals surface area contributed by atoms with Gasteiger partial charge in [0.1, 0.15) is 11.3 Å². The lowest BCUT2D eigenvalue weighted by atomic mass is 10.1. The van der Waals surface area contributed by atoms with Gasteiger partial charge >= 0.3 is 0 Å². The number of carbonyl (C=O) groups excluding carboxylic acids is 1. The number of furan rings is 1. The van der Waals surface area contributed by atoms with Gasteiger partial charge in [-0.3, -0.25) is 4.79 Å². The summed E-state index contributed by atoms with van der Waals surface area (Å²) < 4.78 is 11.6. The number of nitrogens with zero attached hydrogens (tertiary/aromatic N) is 1. The molecular formula is C26H18Cl2N2O3. The number of hydrogen-bond donors (Lipinski definition) is 1. The van der Waals surface area contributed by atoms with E-state index in [-0.39, 0.29) is 11.7 Å². The number of amides is 1. The number of rotatable bonds is 4. The molecule has 0 aliphatic heterocycles. The fraction of sp³-hybridized carbons (Fsp3) is 0.0769. The summed E-state index contributed by atoms with van der Waals surface area (Å²) in [6.45, 7) is 4.10. The molecule has 5 rings (SSSR count). The van der Waals surface area contributed by atoms with E-state index in [9.17, 15) is 4.79 Å². The van der Waals surface area contributed by atoms with Crippen LogP contribution < -0.4 is 5.32 Å². The van der Waals surface area contributed by atoms with Crippen LogP contribution in [0.3, 0.4) is 0 Å². The van der Waals surface area contributed by atoms with Crippen molar-refractivity contribution in [3.63, 3.8) is 0 Å². The Hall–Kier alpha value is -3.54. The van der Waals surface area contributed by atoms with E-state index in [1.54, 1.807) is 48.5 Å². The lowest BCUT2D eigenvalue weighted by Crippen LogP contribution is -2.10. The first-order valence-corrected chi connectivity index (χ1v) is 11.0. The highest BCUT2D eigenvalue weighted by molar-refractivity contribution is 6.38. The predicted molar refractivity (Wildman–Crippen MR) is 131 cm³/mol. The van der Waals surface area contributed by atoms with Gasteiger partial charge in [0.05, 0.1) is 5.02 Å². The van der Waals surface area contributed by atoms with E-state index in [4.69, 9.17) is 32.0 Å². The third-order valence-corrected chi connectivity index (χ3v) is 5.92. The number of carbonyl (C=O) groups is 1. The van der Waals surface area contributed by atoms with Crippen molar-refractivity contribution < 1.29 is 13.6 Å². The molecular weight excluding hydrogens is 459 g/mol. The van der Waals surface area contributed by atoms with Crippen LogP contribution in [0.25, 0.3) is 33.9 Å². The number of aryl methyl sites for hydroxylation is 2. The molecule has 0 bridgehead atoms. The molecule has 5 aromatic rings. The number of aromatic nitrogens is 1. The maximum Gasteiger partial charge on any atom is 0.291 e. The number of benzene rings is 3. The summed E-state index contributed by atoms with van der Waals surface area (Å²) in [4.78, 5) is 17.1. The second-order valence-electron chi connectivity index (χ2n) is 7.75. The lowest BCUT2D eigenvalue weighted by molar-refractivity contribution is 0.0997. The van der Waals surface area contributed by atoms with Crippen LogP contribution in [-0.2, 0) is 0 Å². The Kier molecular flexibility index (Phi) is 5.44. The number of hydrogen-bond acceptors (Lipinski definition) is 4. The minimum absolute atomic E-state index is 0.234. The Morgan fingerprint density at radius 3 is 2.36 bits per heavy atom. The minimum Gasteiger partial charge on any atom is -0.451 e. The summed E-state index contributed by atoms with van der Waals surface area (Å²) in [7, 11) is 0. The summed E-state index contributed by atoms with van der Waals surface area (Å²) in [5.74, 6) is 0.961. The molecule has 33 heavy (non-hydrogen) atoms. The molecule has 5 nitrogen and oxygen atoms in total. The highest BCUT2D eigenvalue weighted by Gasteiger charge is 2.15. The average molecular weight is 477 g/mol. The fourth-order valence-corrected chi connectivity index (χ4v) is 4.00. The Morgan fingerprint density at radius 2 is 1.61 bits per heavy atom. The molecule has 0 saturated heterocycles. The van der Waals surface area contributed by atoms with E-state index < -0.39 is 0 Å². The van der Waals surface area contributed by atoms with Crippen LogP contribution in [0.15, 0.2) is 75.6 Å². The number of nitrogens with one attached hydrogen (secondary N) is 1. The zero-order valence-corrected chi connectivity index (χ0v) is 19.3. The standard InChI is InChI=1S/C26H18Cl2N2O3/c1-14-3-4-17(11-15(14)2)22-9-10-23(32-22)25(31)29-19-7-5-16(6-8-19)26-30-21-13-18(27)12-20(28)24(21)33-26/h3-13H,1-2H3,(H,29,31). The smallest absolute Gasteiger partial charge is 0.291 e. The van der Waals surface area contributed by atoms with Gasteiger partial charge in [0, 0.05) is 21.8 Å². The van der Waals surface area contributed by atoms with Gasteiger partial charge in [-0.1, -0.05) is 35.3 Å². The van der Waals surface area contributed by atoms with Gasteiger partial charge in [0.15, 0.2) is 11.3 Å². The normalized spacial score (nSPS) is 11.2. The second-order valence-corrected chi connectivity index (χ2v) is 8.59. The molecule has 0 aliphatic rings. The van der Waals surface area contributed by atoms with E-state index in [0.717, 1.165) is 11.1 Å². The molecule has 0 unspecified atom stereocenters. The Morgan fingerprint density at radius 1 is 0.848 bits per heavy atom. The summed E-state index contributed by atoms with van der Waals surface area (Å²) in [6.07, 6.45) is 0. The quantitative estimate of drug-likeness (QED) is 0.285. The van der Waals surface area contributed by atoms with Crippen LogP contribution in [0.5, 0.6) is 0 Å². The topological polar surface area (TPSA) is 68.3 Å². The Labute approximate surface area is 200 Å². The van der Waals surface area contributed by atoms with Gasteiger partial charge in [-0.2, -0.15) is 0 Å². The van der Waals surface area contributed by atoms with Crippen molar-refractivity contribution in [1.29, 1.82) is 0 Å². The molecule has 0 radical (unpaired) electrons. The lowest BCUT2D eigenvalue weighted by Gasteiger charge is -2.05. The fourth-order valence-electron chi connectivity index (χ4n) is 3.48. The maximum atomic E-state index is 12.7. The minimum atomic E-state index is -0.332. The number of anilines is 1. The van der Waals surface area contributed by atoms with E-state index in [2.05, 4.69) is 17.2 Å². The van der Waals surface area contributed by atoms with Gasteiger partial charge in [0.25, 0.3) is 5.91 Å². The molecule has 164 valence electrons. The molecule has 1 amide bonds. The number of fused-ring (bicyclic) bond motifs is 1. The third kappa shape index (κ3) is 4.25. The zero-order valence-electron chi connectivity index (χ0n) is 17.8. The highest BCUT2D eigenvalue weighted by atomic mass is 35.5. The zero-order chi connectivity index (χ0) is 23.1. The van der Waals surface area contributed by atoms with Crippen molar-refractivity contribution in [2.45, 2.75) is 13.8 Å². The van der Waals surface area contributed by atoms with Crippen LogP contribution in [0.1, 0.15) is 21.7 Å². The van der Waals surface area contributed by atoms with Crippen molar-refractivity contribution in [3.05, 3.63) is 93.7 Å². The van der Waals surface area contributed by atoms with Crippen LogP contribution in [-0.4, -0.2) is 10.9 Å². The van der Waals surface area contributed by atoms with Gasteiger partial charge in [-0.25, -0.2) is 4.98 Å². The highest BCUT2D eigenvalue weighted by Crippen LogP contribution is 2.32. The average Bonchev–Trinajstić information content (AvgIpc) is 3.44. The molecule has 1 N–H and O–H groups in total. The molecule has 2 aromatic heterocycles. The molecule has 7 heteroatoms. The van der Waals surface area contributed by atoms with E-state index >= 15 is 0 Å². The largest absolute Gasteiger partial charge is 0.451 e. The summed E-state index contributed by atoms with van der Waals surface area (Å²) >= 11 is 12.2. The maximum absolute atomic E-state index is 12.7. The molecule has 3 aromatic carbocycles. The van der Waals surface area contributed by atoms with Crippen LogP contribution in [0, 0.1) is 13.8 Å². The second kappa shape index (κ2) is 8.43. The van der Waals surface area contributed by atoms with Crippen LogP contribution >= 0.6 is 23.2 Å². The summed E-state index contributed by atoms with van der Waals surface area (Å²) in [5, 5.41) is 3.73. The predicted octanol–water partition coefficient (Wildman–Crippen LogP) is 7.93. The summed E-state index contributed by atoms with van der Waals surface area (Å²) in [6, 6.07) is 20.0. The van der Waals surface area contributed by atoms with Gasteiger partial charge < -0.3 is 14.2 Å². The Balaban J connectivity index is 1.32. The number of halogens is 2. The first kappa shape index (κ1) is 21.3. The summed E-state index contributed by atoms with van der Waals surface area (Å²) in [5.41, 5.74) is 5.72. The van der Waals surface area contributed by atoms with E-state index in [0.29, 0.717) is 38.5 Å². The molecule has 0 saturated carbocycles. The Bertz CT molecular complexity index is 1500. The van der Waals surface area contributed by atoms with E-state index in [1.807, 2.05) is 25.1 Å². The van der Waals surface area contributed by atoms with Crippen molar-refractivity contribution in [2.24, 2.45) is 0 Å². The van der Waals surface area contributed by atoms with E-state index in [1.165, 1.54) is 11.1 Å². The molecule has 0 atom stereocenters. The van der Waals surface area contributed by atoms with Gasteiger partial charge in [-0.05, 0) is 79.6 Å². The van der Waals surface area contributed by atoms with Crippen LogP contribution in [0.4, 0.5) is 5.69 Å². The van der Waals surface area contributed by atoms with Crippen LogP contribution in [0.2, 0.25) is 10.0 Å².